The van der Waals surface area contributed by atoms with Crippen LogP contribution in [0.4, 0.5) is 10.5 Å². The summed E-state index contributed by atoms with van der Waals surface area (Å²) in [4.78, 5) is 39.1. The number of para-hydroxylation sites is 2. The summed E-state index contributed by atoms with van der Waals surface area (Å²) in [5.74, 6) is 0.315. The number of imide groups is 1. The molecule has 4 amide bonds. The van der Waals surface area contributed by atoms with Crippen molar-refractivity contribution >= 4 is 45.5 Å². The Morgan fingerprint density at radius 2 is 1.77 bits per heavy atom. The Bertz CT molecular complexity index is 1470. The van der Waals surface area contributed by atoms with Crippen molar-refractivity contribution in [2.24, 2.45) is 0 Å². The average molecular weight is 606 g/mol. The number of carbonyl (C=O) groups excluding carboxylic acids is 3. The predicted molar refractivity (Wildman–Crippen MR) is 155 cm³/mol. The van der Waals surface area contributed by atoms with Crippen LogP contribution in [0.25, 0.3) is 6.08 Å². The van der Waals surface area contributed by atoms with E-state index in [0.717, 1.165) is 20.5 Å². The van der Waals surface area contributed by atoms with Gasteiger partial charge in [0, 0.05) is 10.0 Å². The second-order valence-electron chi connectivity index (χ2n) is 8.75. The van der Waals surface area contributed by atoms with E-state index in [0.29, 0.717) is 41.5 Å². The van der Waals surface area contributed by atoms with E-state index < -0.39 is 24.4 Å². The number of rotatable bonds is 11. The van der Waals surface area contributed by atoms with Crippen molar-refractivity contribution < 1.29 is 28.6 Å². The summed E-state index contributed by atoms with van der Waals surface area (Å²) >= 11 is 3.43. The van der Waals surface area contributed by atoms with Gasteiger partial charge in [0.15, 0.2) is 11.5 Å². The molecule has 1 heterocycles. The van der Waals surface area contributed by atoms with E-state index in [9.17, 15) is 14.4 Å². The van der Waals surface area contributed by atoms with Gasteiger partial charge < -0.3 is 24.8 Å². The molecule has 0 saturated carbocycles. The highest BCUT2D eigenvalue weighted by molar-refractivity contribution is 9.10. The van der Waals surface area contributed by atoms with Crippen molar-refractivity contribution in [1.82, 2.24) is 10.2 Å². The van der Waals surface area contributed by atoms with E-state index in [1.165, 1.54) is 20.3 Å². The molecule has 2 N–H and O–H groups in total. The van der Waals surface area contributed by atoms with Gasteiger partial charge in [-0.2, -0.15) is 0 Å². The van der Waals surface area contributed by atoms with E-state index in [2.05, 4.69) is 33.1 Å². The molecule has 40 heavy (non-hydrogen) atoms. The van der Waals surface area contributed by atoms with Crippen molar-refractivity contribution in [2.45, 2.75) is 13.0 Å². The fraction of sp³-hybridized carbons (Fsp3) is 0.167. The zero-order valence-electron chi connectivity index (χ0n) is 22.0. The monoisotopic (exact) mass is 605 g/mol. The highest BCUT2D eigenvalue weighted by atomic mass is 79.9. The summed E-state index contributed by atoms with van der Waals surface area (Å²) in [5.41, 5.74) is 2.85. The van der Waals surface area contributed by atoms with Crippen molar-refractivity contribution in [1.29, 1.82) is 0 Å². The number of hydrogen-bond acceptors (Lipinski definition) is 6. The van der Waals surface area contributed by atoms with Crippen LogP contribution in [-0.4, -0.2) is 43.5 Å². The van der Waals surface area contributed by atoms with Gasteiger partial charge in [-0.25, -0.2) is 9.69 Å². The Balaban J connectivity index is 1.52. The number of benzene rings is 3. The molecule has 1 aliphatic rings. The van der Waals surface area contributed by atoms with Crippen LogP contribution in [0, 0.1) is 0 Å². The third-order valence-electron chi connectivity index (χ3n) is 5.99. The zero-order valence-corrected chi connectivity index (χ0v) is 23.6. The first-order valence-corrected chi connectivity index (χ1v) is 13.1. The van der Waals surface area contributed by atoms with Crippen LogP contribution in [0.15, 0.2) is 83.5 Å². The average Bonchev–Trinajstić information content (AvgIpc) is 3.20. The minimum atomic E-state index is -0.695. The molecule has 3 aromatic rings. The molecule has 1 fully saturated rings. The fourth-order valence-corrected chi connectivity index (χ4v) is 4.35. The lowest BCUT2D eigenvalue weighted by molar-refractivity contribution is -0.127. The standard InChI is InChI=1S/C30H28BrN3O6/c1-4-7-21-14-20(16-26(39-3)28(21)40-18-19-10-12-22(31)13-11-19)15-24-29(36)34(30(37)33-24)17-27(35)32-23-8-5-6-9-25(23)38-2/h4-6,8-16H,1,7,17-18H2,2-3H3,(H,32,35)(H,33,37)/b24-15+. The first kappa shape index (κ1) is 28.4. The summed E-state index contributed by atoms with van der Waals surface area (Å²) in [7, 11) is 3.01. The van der Waals surface area contributed by atoms with Crippen molar-refractivity contribution in [2.75, 3.05) is 26.1 Å². The Morgan fingerprint density at radius 3 is 2.48 bits per heavy atom. The molecule has 4 rings (SSSR count). The van der Waals surface area contributed by atoms with Crippen LogP contribution in [0.3, 0.4) is 0 Å². The largest absolute Gasteiger partial charge is 0.495 e. The van der Waals surface area contributed by atoms with Gasteiger partial charge in [-0.1, -0.05) is 46.3 Å². The van der Waals surface area contributed by atoms with Gasteiger partial charge in [0.1, 0.15) is 24.6 Å². The number of ether oxygens (including phenoxy) is 3. The predicted octanol–water partition coefficient (Wildman–Crippen LogP) is 5.31. The summed E-state index contributed by atoms with van der Waals surface area (Å²) in [6, 6.07) is 17.5. The minimum Gasteiger partial charge on any atom is -0.495 e. The van der Waals surface area contributed by atoms with Crippen molar-refractivity contribution in [3.05, 3.63) is 100 Å². The number of hydrogen-bond donors (Lipinski definition) is 2. The Hall–Kier alpha value is -4.57. The normalized spacial score (nSPS) is 13.7. The van der Waals surface area contributed by atoms with Gasteiger partial charge in [-0.15, -0.1) is 6.58 Å². The SMILES string of the molecule is C=CCc1cc(/C=C2/NC(=O)N(CC(=O)Nc3ccccc3OC)C2=O)cc(OC)c1OCc1ccc(Br)cc1. The third-order valence-corrected chi connectivity index (χ3v) is 6.52. The molecule has 0 radical (unpaired) electrons. The van der Waals surface area contributed by atoms with Crippen molar-refractivity contribution in [3.63, 3.8) is 0 Å². The minimum absolute atomic E-state index is 0.0326. The van der Waals surface area contributed by atoms with Crippen LogP contribution in [0.5, 0.6) is 17.2 Å². The number of amides is 4. The molecular formula is C30H28BrN3O6. The fourth-order valence-electron chi connectivity index (χ4n) is 4.09. The molecular weight excluding hydrogens is 578 g/mol. The number of nitrogens with zero attached hydrogens (tertiary/aromatic N) is 1. The van der Waals surface area contributed by atoms with E-state index >= 15 is 0 Å². The number of urea groups is 1. The molecule has 0 aliphatic carbocycles. The number of carbonyl (C=O) groups is 3. The van der Waals surface area contributed by atoms with Gasteiger partial charge in [0.05, 0.1) is 19.9 Å². The molecule has 0 spiro atoms. The Kier molecular flexibility index (Phi) is 9.23. The number of allylic oxidation sites excluding steroid dienone is 1. The molecule has 0 atom stereocenters. The van der Waals surface area contributed by atoms with Crippen LogP contribution in [0.2, 0.25) is 0 Å². The van der Waals surface area contributed by atoms with Crippen LogP contribution >= 0.6 is 15.9 Å². The van der Waals surface area contributed by atoms with E-state index in [-0.39, 0.29) is 5.70 Å². The topological polar surface area (TPSA) is 106 Å². The van der Waals surface area contributed by atoms with E-state index in [4.69, 9.17) is 14.2 Å². The number of halogens is 1. The van der Waals surface area contributed by atoms with Crippen molar-refractivity contribution in [3.8, 4) is 17.2 Å². The van der Waals surface area contributed by atoms with Gasteiger partial charge in [-0.05, 0) is 60.0 Å². The zero-order chi connectivity index (χ0) is 28.6. The summed E-state index contributed by atoms with van der Waals surface area (Å²) in [5, 5.41) is 5.21. The molecule has 0 aromatic heterocycles. The lowest BCUT2D eigenvalue weighted by Crippen LogP contribution is -2.38. The second-order valence-corrected chi connectivity index (χ2v) is 9.66. The molecule has 206 valence electrons. The first-order valence-electron chi connectivity index (χ1n) is 12.3. The quantitative estimate of drug-likeness (QED) is 0.174. The smallest absolute Gasteiger partial charge is 0.329 e. The maximum absolute atomic E-state index is 13.0. The third kappa shape index (κ3) is 6.70. The maximum atomic E-state index is 13.0. The Morgan fingerprint density at radius 1 is 1.05 bits per heavy atom. The summed E-state index contributed by atoms with van der Waals surface area (Å²) in [6.45, 7) is 3.70. The van der Waals surface area contributed by atoms with Gasteiger partial charge in [0.25, 0.3) is 5.91 Å². The van der Waals surface area contributed by atoms with E-state index in [1.54, 1.807) is 36.4 Å². The number of methoxy groups -OCH3 is 2. The second kappa shape index (κ2) is 13.0. The van der Waals surface area contributed by atoms with Gasteiger partial charge in [-0.3, -0.25) is 9.59 Å². The first-order chi connectivity index (χ1) is 19.3. The van der Waals surface area contributed by atoms with Gasteiger partial charge >= 0.3 is 6.03 Å². The molecule has 1 saturated heterocycles. The molecule has 0 unspecified atom stereocenters. The van der Waals surface area contributed by atoms with Crippen LogP contribution in [0.1, 0.15) is 16.7 Å². The lowest BCUT2D eigenvalue weighted by atomic mass is 10.0. The maximum Gasteiger partial charge on any atom is 0.329 e. The lowest BCUT2D eigenvalue weighted by Gasteiger charge is -2.16. The van der Waals surface area contributed by atoms with Gasteiger partial charge in [0.2, 0.25) is 5.91 Å². The Labute approximate surface area is 240 Å². The highest BCUT2D eigenvalue weighted by Crippen LogP contribution is 2.35. The molecule has 9 nitrogen and oxygen atoms in total. The van der Waals surface area contributed by atoms with E-state index in [1.807, 2.05) is 30.3 Å². The molecule has 1 aliphatic heterocycles. The summed E-state index contributed by atoms with van der Waals surface area (Å²) in [6.07, 6.45) is 3.76. The van der Waals surface area contributed by atoms with Crippen LogP contribution in [-0.2, 0) is 22.6 Å². The number of anilines is 1. The number of nitrogens with one attached hydrogen (secondary N) is 2. The molecule has 0 bridgehead atoms. The highest BCUT2D eigenvalue weighted by Gasteiger charge is 2.35. The molecule has 3 aromatic carbocycles. The molecule has 10 heteroatoms. The summed E-state index contributed by atoms with van der Waals surface area (Å²) < 4.78 is 17.9. The van der Waals surface area contributed by atoms with Crippen LogP contribution < -0.4 is 24.8 Å².